The fourth-order valence-electron chi connectivity index (χ4n) is 9.04. The third kappa shape index (κ3) is 55.7. The number of unbranched alkanes of at least 4 members (excludes halogenated alkanes) is 24. The molecule has 0 rings (SSSR count). The summed E-state index contributed by atoms with van der Waals surface area (Å²) in [5.41, 5.74) is 0. The van der Waals surface area contributed by atoms with Gasteiger partial charge < -0.3 is 33.8 Å². The molecular weight excluding hydrogens is 1080 g/mol. The van der Waals surface area contributed by atoms with Gasteiger partial charge >= 0.3 is 39.5 Å². The van der Waals surface area contributed by atoms with Gasteiger partial charge in [-0.1, -0.05) is 242 Å². The summed E-state index contributed by atoms with van der Waals surface area (Å²) in [5.74, 6) is 0.696. The van der Waals surface area contributed by atoms with E-state index in [1.165, 1.54) is 89.9 Å². The van der Waals surface area contributed by atoms with Crippen molar-refractivity contribution in [2.75, 3.05) is 39.6 Å². The van der Waals surface area contributed by atoms with Gasteiger partial charge in [0, 0.05) is 25.7 Å². The number of carbonyl (C=O) groups excluding carboxylic acids is 4. The van der Waals surface area contributed by atoms with Crippen molar-refractivity contribution in [1.82, 2.24) is 0 Å². The third-order valence-corrected chi connectivity index (χ3v) is 16.3. The maximum absolute atomic E-state index is 12.9. The number of hydrogen-bond acceptors (Lipinski definition) is 15. The lowest BCUT2D eigenvalue weighted by atomic mass is 9.99. The molecule has 0 aliphatic rings. The smallest absolute Gasteiger partial charge is 0.462 e. The Bertz CT molecular complexity index is 1630. The van der Waals surface area contributed by atoms with Crippen LogP contribution in [0.15, 0.2) is 0 Å². The summed E-state index contributed by atoms with van der Waals surface area (Å²) >= 11 is 0. The highest BCUT2D eigenvalue weighted by molar-refractivity contribution is 7.47. The minimum absolute atomic E-state index is 0.101. The highest BCUT2D eigenvalue weighted by Crippen LogP contribution is 2.45. The van der Waals surface area contributed by atoms with E-state index in [2.05, 4.69) is 55.4 Å². The summed E-state index contributed by atoms with van der Waals surface area (Å²) in [6, 6.07) is 0. The third-order valence-electron chi connectivity index (χ3n) is 14.4. The van der Waals surface area contributed by atoms with E-state index in [1.807, 2.05) is 0 Å². The van der Waals surface area contributed by atoms with Crippen molar-refractivity contribution in [2.24, 2.45) is 23.7 Å². The Balaban J connectivity index is 5.24. The number of phosphoric acid groups is 2. The molecule has 19 heteroatoms. The van der Waals surface area contributed by atoms with Crippen molar-refractivity contribution in [3.8, 4) is 0 Å². The fourth-order valence-corrected chi connectivity index (χ4v) is 10.6. The van der Waals surface area contributed by atoms with Crippen LogP contribution >= 0.6 is 15.6 Å². The topological polar surface area (TPSA) is 237 Å². The average molecular weight is 1200 g/mol. The van der Waals surface area contributed by atoms with Crippen LogP contribution in [0.4, 0.5) is 0 Å². The van der Waals surface area contributed by atoms with Gasteiger partial charge in [-0.15, -0.1) is 0 Å². The second-order valence-electron chi connectivity index (χ2n) is 24.1. The Kier molecular flexibility index (Phi) is 51.1. The first-order valence-corrected chi connectivity index (χ1v) is 35.2. The molecule has 81 heavy (non-hydrogen) atoms. The van der Waals surface area contributed by atoms with Crippen LogP contribution in [0.3, 0.4) is 0 Å². The second-order valence-corrected chi connectivity index (χ2v) is 27.0. The summed E-state index contributed by atoms with van der Waals surface area (Å²) in [5, 5.41) is 10.5. The van der Waals surface area contributed by atoms with Crippen LogP contribution in [0.2, 0.25) is 0 Å². The molecule has 0 aromatic carbocycles. The van der Waals surface area contributed by atoms with Crippen molar-refractivity contribution < 1.29 is 80.2 Å². The van der Waals surface area contributed by atoms with Gasteiger partial charge in [-0.05, 0) is 49.4 Å². The molecule has 0 spiro atoms. The van der Waals surface area contributed by atoms with Gasteiger partial charge in [0.25, 0.3) is 0 Å². The molecular formula is C62H120O17P2. The zero-order valence-electron chi connectivity index (χ0n) is 52.4. The Hall–Kier alpha value is -1.94. The van der Waals surface area contributed by atoms with E-state index in [9.17, 15) is 43.2 Å². The molecule has 0 aromatic rings. The van der Waals surface area contributed by atoms with E-state index in [0.717, 1.165) is 108 Å². The van der Waals surface area contributed by atoms with E-state index in [1.54, 1.807) is 0 Å². The standard InChI is InChI=1S/C62H120O17P2/c1-9-55(8)41-33-25-15-11-13-17-28-36-44-61(66)78-57(49-73-60(65)43-35-27-20-18-23-31-39-53(4)5)50-76-80(68,69)74-46-56(63)47-75-81(70,71)77-51-58(79-62(67)45-37-29-21-19-24-32-40-54(6)7)48-72-59(64)42-34-26-16-12-10-14-22-30-38-52(2)3/h52-58,63H,9-51H2,1-8H3,(H,68,69)(H,70,71)/t55?,56-,57+,58+/m0/s1. The molecule has 0 saturated heterocycles. The Labute approximate surface area is 492 Å². The molecule has 0 aliphatic heterocycles. The molecule has 0 aliphatic carbocycles. The highest BCUT2D eigenvalue weighted by Gasteiger charge is 2.30. The second kappa shape index (κ2) is 52.4. The highest BCUT2D eigenvalue weighted by atomic mass is 31.2. The van der Waals surface area contributed by atoms with Gasteiger partial charge in [0.1, 0.15) is 19.3 Å². The lowest BCUT2D eigenvalue weighted by Gasteiger charge is -2.21. The maximum Gasteiger partial charge on any atom is 0.472 e. The molecule has 0 radical (unpaired) electrons. The molecule has 3 N–H and O–H groups in total. The van der Waals surface area contributed by atoms with Gasteiger partial charge in [0.05, 0.1) is 26.4 Å². The van der Waals surface area contributed by atoms with E-state index >= 15 is 0 Å². The number of esters is 4. The number of hydrogen-bond donors (Lipinski definition) is 3. The van der Waals surface area contributed by atoms with E-state index < -0.39 is 97.5 Å². The van der Waals surface area contributed by atoms with Crippen LogP contribution in [-0.4, -0.2) is 96.7 Å². The van der Waals surface area contributed by atoms with Gasteiger partial charge in [-0.2, -0.15) is 0 Å². The van der Waals surface area contributed by atoms with Crippen LogP contribution in [0.5, 0.6) is 0 Å². The van der Waals surface area contributed by atoms with E-state index in [-0.39, 0.29) is 25.7 Å². The first kappa shape index (κ1) is 79.1. The van der Waals surface area contributed by atoms with Crippen molar-refractivity contribution in [2.45, 2.75) is 311 Å². The van der Waals surface area contributed by atoms with Gasteiger partial charge in [0.2, 0.25) is 0 Å². The molecule has 0 saturated carbocycles. The van der Waals surface area contributed by atoms with Gasteiger partial charge in [0.15, 0.2) is 12.2 Å². The largest absolute Gasteiger partial charge is 0.472 e. The first-order valence-electron chi connectivity index (χ1n) is 32.2. The molecule has 0 aromatic heterocycles. The Morgan fingerprint density at radius 2 is 0.593 bits per heavy atom. The maximum atomic E-state index is 12.9. The number of aliphatic hydroxyl groups excluding tert-OH is 1. The predicted molar refractivity (Wildman–Crippen MR) is 321 cm³/mol. The van der Waals surface area contributed by atoms with Crippen LogP contribution in [-0.2, 0) is 65.4 Å². The quantitative estimate of drug-likeness (QED) is 0.0222. The monoisotopic (exact) mass is 1200 g/mol. The summed E-state index contributed by atoms with van der Waals surface area (Å²) in [7, 11) is -9.88. The zero-order valence-corrected chi connectivity index (χ0v) is 54.2. The number of carbonyl (C=O) groups is 4. The molecule has 0 bridgehead atoms. The minimum atomic E-state index is -4.94. The molecule has 480 valence electrons. The predicted octanol–water partition coefficient (Wildman–Crippen LogP) is 16.6. The Morgan fingerprint density at radius 1 is 0.346 bits per heavy atom. The molecule has 17 nitrogen and oxygen atoms in total. The summed E-state index contributed by atoms with van der Waals surface area (Å²) < 4.78 is 67.8. The minimum Gasteiger partial charge on any atom is -0.462 e. The number of aliphatic hydroxyl groups is 1. The van der Waals surface area contributed by atoms with Crippen molar-refractivity contribution >= 4 is 39.5 Å². The van der Waals surface area contributed by atoms with Crippen molar-refractivity contribution in [1.29, 1.82) is 0 Å². The van der Waals surface area contributed by atoms with E-state index in [0.29, 0.717) is 37.5 Å². The molecule has 0 heterocycles. The molecule has 6 atom stereocenters. The molecule has 3 unspecified atom stereocenters. The SMILES string of the molecule is CCC(C)CCCCCCCCCCC(=O)O[C@H](COC(=O)CCCCCCCCC(C)C)COP(=O)(O)OC[C@H](O)COP(=O)(O)OC[C@@H](COC(=O)CCCCCCCCCCC(C)C)OC(=O)CCCCCCCCC(C)C. The van der Waals surface area contributed by atoms with Crippen LogP contribution < -0.4 is 0 Å². The Morgan fingerprint density at radius 3 is 0.877 bits per heavy atom. The van der Waals surface area contributed by atoms with Crippen LogP contribution in [0.1, 0.15) is 293 Å². The van der Waals surface area contributed by atoms with Crippen molar-refractivity contribution in [3.05, 3.63) is 0 Å². The lowest BCUT2D eigenvalue weighted by Crippen LogP contribution is -2.30. The number of rotatable bonds is 59. The number of ether oxygens (including phenoxy) is 4. The van der Waals surface area contributed by atoms with Gasteiger partial charge in [-0.3, -0.25) is 37.3 Å². The molecule has 0 fully saturated rings. The van der Waals surface area contributed by atoms with Crippen LogP contribution in [0.25, 0.3) is 0 Å². The summed E-state index contributed by atoms with van der Waals surface area (Å²) in [6.07, 6.45) is 31.0. The first-order chi connectivity index (χ1) is 38.6. The average Bonchev–Trinajstić information content (AvgIpc) is 3.41. The lowest BCUT2D eigenvalue weighted by molar-refractivity contribution is -0.161. The van der Waals surface area contributed by atoms with Crippen molar-refractivity contribution in [3.63, 3.8) is 0 Å². The number of phosphoric ester groups is 2. The summed E-state index contributed by atoms with van der Waals surface area (Å²) in [6.45, 7) is 13.9. The fraction of sp³-hybridized carbons (Fsp3) is 0.935. The summed E-state index contributed by atoms with van der Waals surface area (Å²) in [4.78, 5) is 72.0. The van der Waals surface area contributed by atoms with E-state index in [4.69, 9.17) is 37.0 Å². The van der Waals surface area contributed by atoms with Crippen LogP contribution in [0, 0.1) is 23.7 Å². The normalized spacial score (nSPS) is 14.8. The van der Waals surface area contributed by atoms with Gasteiger partial charge in [-0.25, -0.2) is 9.13 Å². The molecule has 0 amide bonds. The zero-order chi connectivity index (χ0) is 60.4.